The maximum absolute atomic E-state index is 9.30. The predicted octanol–water partition coefficient (Wildman–Crippen LogP) is 1.73. The Morgan fingerprint density at radius 3 is 3.12 bits per heavy atom. The van der Waals surface area contributed by atoms with Crippen LogP contribution in [-0.2, 0) is 5.41 Å². The molecule has 0 radical (unpaired) electrons. The Morgan fingerprint density at radius 2 is 2.44 bits per heavy atom. The Morgan fingerprint density at radius 1 is 1.56 bits per heavy atom. The highest BCUT2D eigenvalue weighted by Crippen LogP contribution is 2.60. The van der Waals surface area contributed by atoms with Gasteiger partial charge in [-0.3, -0.25) is 0 Å². The number of benzene rings is 1. The number of fused-ring (bicyclic) bond motifs is 2. The van der Waals surface area contributed by atoms with Gasteiger partial charge in [-0.2, -0.15) is 0 Å². The van der Waals surface area contributed by atoms with Crippen LogP contribution in [0.1, 0.15) is 18.4 Å². The van der Waals surface area contributed by atoms with Crippen LogP contribution in [0.15, 0.2) is 18.2 Å². The molecule has 1 N–H and O–H groups in total. The summed E-state index contributed by atoms with van der Waals surface area (Å²) in [6, 6.07) is 5.96. The lowest BCUT2D eigenvalue weighted by Gasteiger charge is -2.27. The molecule has 0 bridgehead atoms. The molecule has 0 unspecified atom stereocenters. The second kappa shape index (κ2) is 3.39. The van der Waals surface area contributed by atoms with Gasteiger partial charge in [0.15, 0.2) is 0 Å². The largest absolute Gasteiger partial charge is 0.497 e. The van der Waals surface area contributed by atoms with Gasteiger partial charge < -0.3 is 14.6 Å². The average molecular weight is 220 g/mol. The van der Waals surface area contributed by atoms with Crippen molar-refractivity contribution in [3.63, 3.8) is 0 Å². The SMILES string of the molecule is COc1ccc2c(c1)[C@@]1(CCO2)C[C@H]1CO. The van der Waals surface area contributed by atoms with E-state index in [0.29, 0.717) is 5.92 Å². The predicted molar refractivity (Wildman–Crippen MR) is 60.0 cm³/mol. The maximum atomic E-state index is 9.30. The normalized spacial score (nSPS) is 30.8. The molecule has 0 amide bonds. The summed E-state index contributed by atoms with van der Waals surface area (Å²) >= 11 is 0. The number of ether oxygens (including phenoxy) is 2. The number of rotatable bonds is 2. The Bertz CT molecular complexity index is 416. The summed E-state index contributed by atoms with van der Waals surface area (Å²) in [6.45, 7) is 1.03. The fraction of sp³-hybridized carbons (Fsp3) is 0.538. The van der Waals surface area contributed by atoms with E-state index in [1.54, 1.807) is 7.11 Å². The summed E-state index contributed by atoms with van der Waals surface area (Å²) in [7, 11) is 1.68. The van der Waals surface area contributed by atoms with Crippen LogP contribution < -0.4 is 9.47 Å². The highest BCUT2D eigenvalue weighted by atomic mass is 16.5. The summed E-state index contributed by atoms with van der Waals surface area (Å²) in [5, 5.41) is 9.30. The first kappa shape index (κ1) is 9.97. The van der Waals surface area contributed by atoms with E-state index >= 15 is 0 Å². The van der Waals surface area contributed by atoms with Crippen molar-refractivity contribution in [2.24, 2.45) is 5.92 Å². The van der Waals surface area contributed by atoms with Crippen LogP contribution in [0.3, 0.4) is 0 Å². The van der Waals surface area contributed by atoms with Gasteiger partial charge in [-0.25, -0.2) is 0 Å². The second-order valence-corrected chi connectivity index (χ2v) is 4.70. The topological polar surface area (TPSA) is 38.7 Å². The van der Waals surface area contributed by atoms with E-state index in [0.717, 1.165) is 30.9 Å². The van der Waals surface area contributed by atoms with Crippen LogP contribution in [0.2, 0.25) is 0 Å². The fourth-order valence-electron chi connectivity index (χ4n) is 2.88. The van der Waals surface area contributed by atoms with E-state index in [4.69, 9.17) is 9.47 Å². The van der Waals surface area contributed by atoms with E-state index in [9.17, 15) is 5.11 Å². The lowest BCUT2D eigenvalue weighted by atomic mass is 9.87. The van der Waals surface area contributed by atoms with Crippen LogP contribution in [0, 0.1) is 5.92 Å². The lowest BCUT2D eigenvalue weighted by molar-refractivity contribution is 0.224. The zero-order chi connectivity index (χ0) is 11.2. The van der Waals surface area contributed by atoms with Gasteiger partial charge in [0, 0.05) is 17.6 Å². The quantitative estimate of drug-likeness (QED) is 0.825. The first-order valence-corrected chi connectivity index (χ1v) is 5.72. The van der Waals surface area contributed by atoms with Crippen molar-refractivity contribution in [1.29, 1.82) is 0 Å². The molecule has 0 aromatic heterocycles. The second-order valence-electron chi connectivity index (χ2n) is 4.70. The molecular formula is C13H16O3. The molecule has 1 saturated carbocycles. The van der Waals surface area contributed by atoms with E-state index < -0.39 is 0 Å². The van der Waals surface area contributed by atoms with Crippen molar-refractivity contribution in [2.45, 2.75) is 18.3 Å². The zero-order valence-corrected chi connectivity index (χ0v) is 9.40. The first-order valence-electron chi connectivity index (χ1n) is 5.72. The van der Waals surface area contributed by atoms with Gasteiger partial charge in [0.05, 0.1) is 13.7 Å². The highest BCUT2D eigenvalue weighted by molar-refractivity contribution is 5.50. The van der Waals surface area contributed by atoms with Gasteiger partial charge in [-0.15, -0.1) is 0 Å². The summed E-state index contributed by atoms with van der Waals surface area (Å²) in [5.41, 5.74) is 1.38. The molecule has 1 aliphatic heterocycles. The summed E-state index contributed by atoms with van der Waals surface area (Å²) < 4.78 is 10.9. The third kappa shape index (κ3) is 1.24. The highest BCUT2D eigenvalue weighted by Gasteiger charge is 2.57. The Balaban J connectivity index is 2.04. The molecule has 3 rings (SSSR count). The fourth-order valence-corrected chi connectivity index (χ4v) is 2.88. The van der Waals surface area contributed by atoms with Crippen molar-refractivity contribution < 1.29 is 14.6 Å². The molecule has 3 heteroatoms. The summed E-state index contributed by atoms with van der Waals surface area (Å²) in [4.78, 5) is 0. The van der Waals surface area contributed by atoms with Crippen LogP contribution in [0.4, 0.5) is 0 Å². The van der Waals surface area contributed by atoms with E-state index in [2.05, 4.69) is 6.07 Å². The number of hydrogen-bond donors (Lipinski definition) is 1. The standard InChI is InChI=1S/C13H16O3/c1-15-10-2-3-12-11(6-10)13(4-5-16-12)7-9(13)8-14/h2-3,6,9,14H,4-5,7-8H2,1H3/t9-,13-/m0/s1. The van der Waals surface area contributed by atoms with Crippen molar-refractivity contribution >= 4 is 0 Å². The molecule has 2 atom stereocenters. The molecule has 1 heterocycles. The van der Waals surface area contributed by atoms with Crippen molar-refractivity contribution in [1.82, 2.24) is 0 Å². The Hall–Kier alpha value is -1.22. The van der Waals surface area contributed by atoms with Crippen LogP contribution in [-0.4, -0.2) is 25.4 Å². The monoisotopic (exact) mass is 220 g/mol. The molecule has 1 aliphatic carbocycles. The molecule has 1 aromatic rings. The minimum Gasteiger partial charge on any atom is -0.497 e. The number of aliphatic hydroxyl groups is 1. The van der Waals surface area contributed by atoms with Gasteiger partial charge in [0.25, 0.3) is 0 Å². The Kier molecular flexibility index (Phi) is 2.11. The third-order valence-electron chi connectivity index (χ3n) is 3.98. The molecule has 1 fully saturated rings. The van der Waals surface area contributed by atoms with E-state index in [1.165, 1.54) is 5.56 Å². The van der Waals surface area contributed by atoms with Crippen LogP contribution in [0.25, 0.3) is 0 Å². The third-order valence-corrected chi connectivity index (χ3v) is 3.98. The van der Waals surface area contributed by atoms with Crippen molar-refractivity contribution in [3.8, 4) is 11.5 Å². The molecule has 1 aromatic carbocycles. The van der Waals surface area contributed by atoms with Crippen LogP contribution in [0.5, 0.6) is 11.5 Å². The number of aliphatic hydroxyl groups excluding tert-OH is 1. The van der Waals surface area contributed by atoms with Gasteiger partial charge in [-0.05, 0) is 37.0 Å². The zero-order valence-electron chi connectivity index (χ0n) is 9.40. The molecule has 0 saturated heterocycles. The molecule has 1 spiro atoms. The molecule has 16 heavy (non-hydrogen) atoms. The van der Waals surface area contributed by atoms with Gasteiger partial charge in [0.1, 0.15) is 11.5 Å². The molecule has 86 valence electrons. The summed E-state index contributed by atoms with van der Waals surface area (Å²) in [6.07, 6.45) is 2.09. The Labute approximate surface area is 95.0 Å². The first-order chi connectivity index (χ1) is 7.80. The lowest BCUT2D eigenvalue weighted by Crippen LogP contribution is -2.22. The van der Waals surface area contributed by atoms with Crippen LogP contribution >= 0.6 is 0 Å². The average Bonchev–Trinajstić information content (AvgIpc) is 3.04. The molecular weight excluding hydrogens is 204 g/mol. The van der Waals surface area contributed by atoms with Crippen molar-refractivity contribution in [3.05, 3.63) is 23.8 Å². The van der Waals surface area contributed by atoms with Gasteiger partial charge in [0.2, 0.25) is 0 Å². The smallest absolute Gasteiger partial charge is 0.123 e. The molecule has 3 nitrogen and oxygen atoms in total. The minimum atomic E-state index is 0.164. The van der Waals surface area contributed by atoms with Gasteiger partial charge in [-0.1, -0.05) is 0 Å². The maximum Gasteiger partial charge on any atom is 0.123 e. The minimum absolute atomic E-state index is 0.164. The van der Waals surface area contributed by atoms with E-state index in [1.807, 2.05) is 12.1 Å². The van der Waals surface area contributed by atoms with Gasteiger partial charge >= 0.3 is 0 Å². The number of methoxy groups -OCH3 is 1. The van der Waals surface area contributed by atoms with Crippen molar-refractivity contribution in [2.75, 3.05) is 20.3 Å². The molecule has 2 aliphatic rings. The summed E-state index contributed by atoms with van der Waals surface area (Å²) in [5.74, 6) is 2.23. The number of hydrogen-bond acceptors (Lipinski definition) is 3. The van der Waals surface area contributed by atoms with E-state index in [-0.39, 0.29) is 12.0 Å².